The molecule has 3 aliphatic heterocycles. The average molecular weight is 803 g/mol. The van der Waals surface area contributed by atoms with Gasteiger partial charge in [-0.1, -0.05) is 25.1 Å². The fourth-order valence-electron chi connectivity index (χ4n) is 8.88. The van der Waals surface area contributed by atoms with E-state index in [2.05, 4.69) is 22.8 Å². The molecule has 0 spiro atoms. The van der Waals surface area contributed by atoms with Crippen LogP contribution in [0.15, 0.2) is 36.5 Å². The van der Waals surface area contributed by atoms with Gasteiger partial charge in [0.25, 0.3) is 0 Å². The highest BCUT2D eigenvalue weighted by atomic mass is 19.1. The maximum atomic E-state index is 17.4. The lowest BCUT2D eigenvalue weighted by molar-refractivity contribution is -0.107. The minimum atomic E-state index is -0.603. The van der Waals surface area contributed by atoms with Crippen molar-refractivity contribution in [3.8, 4) is 23.0 Å². The van der Waals surface area contributed by atoms with Crippen molar-refractivity contribution in [2.24, 2.45) is 0 Å². The quantitative estimate of drug-likeness (QED) is 0.0814. The van der Waals surface area contributed by atoms with E-state index < -0.39 is 11.4 Å². The van der Waals surface area contributed by atoms with Crippen molar-refractivity contribution >= 4 is 33.6 Å². The molecule has 2 bridgehead atoms. The number of pyridine rings is 1. The lowest BCUT2D eigenvalue weighted by Gasteiger charge is -2.42. The molecule has 2 aromatic heterocycles. The van der Waals surface area contributed by atoms with Crippen molar-refractivity contribution in [3.63, 3.8) is 0 Å². The van der Waals surface area contributed by atoms with Gasteiger partial charge >= 0.3 is 12.1 Å². The third-order valence-corrected chi connectivity index (χ3v) is 11.6. The maximum Gasteiger partial charge on any atom is 0.410 e. The summed E-state index contributed by atoms with van der Waals surface area (Å²) in [4.78, 5) is 34.4. The summed E-state index contributed by atoms with van der Waals surface area (Å²) in [5.74, 6) is 0.525. The van der Waals surface area contributed by atoms with Crippen molar-refractivity contribution in [3.05, 3.63) is 47.9 Å². The number of nitrogens with zero attached hydrogens (tertiary/aromatic N) is 6. The summed E-state index contributed by atoms with van der Waals surface area (Å²) in [6.45, 7) is 11.1. The van der Waals surface area contributed by atoms with Gasteiger partial charge in [-0.05, 0) is 114 Å². The van der Waals surface area contributed by atoms with Crippen LogP contribution >= 0.6 is 0 Å². The number of aryl methyl sites for hydroxylation is 1. The van der Waals surface area contributed by atoms with Gasteiger partial charge in [-0.2, -0.15) is 9.97 Å². The average Bonchev–Trinajstić information content (AvgIpc) is 3.78. The molecule has 0 radical (unpaired) electrons. The zero-order valence-corrected chi connectivity index (χ0v) is 35.1. The van der Waals surface area contributed by atoms with E-state index in [-0.39, 0.29) is 54.5 Å². The predicted molar refractivity (Wildman–Crippen MR) is 221 cm³/mol. The van der Waals surface area contributed by atoms with Crippen molar-refractivity contribution in [1.82, 2.24) is 24.8 Å². The lowest BCUT2D eigenvalue weighted by atomic mass is 9.95. The molecule has 0 aliphatic carbocycles. The molecule has 3 fully saturated rings. The van der Waals surface area contributed by atoms with Crippen LogP contribution in [0.2, 0.25) is 0 Å². The zero-order chi connectivity index (χ0) is 41.0. The van der Waals surface area contributed by atoms with Crippen LogP contribution in [-0.4, -0.2) is 122 Å². The van der Waals surface area contributed by atoms with Gasteiger partial charge in [0.2, 0.25) is 0 Å². The first-order valence-electron chi connectivity index (χ1n) is 20.7. The number of carbonyl (C=O) groups excluding carboxylic acids is 1. The first kappa shape index (κ1) is 41.8. The Labute approximate surface area is 341 Å². The van der Waals surface area contributed by atoms with Crippen LogP contribution in [0, 0.1) is 5.82 Å². The van der Waals surface area contributed by atoms with Crippen molar-refractivity contribution in [2.75, 3.05) is 65.8 Å². The standard InChI is InChI=1S/C44H59FN6O7/c1-8-28-13-11-14-29-21-33(57-27-53-5)22-34(37(28)29)39-38(45)40-35(23-46-39)41(50-24-30-17-18-31(25-50)51(30)43(52)58-44(2,3)4)48-42(47-40)56-26-32-15-12-20-49(32)19-10-9-16-36(54-6)55-7/h11,13-14,21-23,30-32,36H,8-10,12,15-20,24-27H2,1-7H3/t30?,31?,32-/m0/s1. The van der Waals surface area contributed by atoms with Crippen LogP contribution in [0.4, 0.5) is 15.0 Å². The minimum absolute atomic E-state index is 0.0486. The van der Waals surface area contributed by atoms with E-state index in [1.807, 2.05) is 49.9 Å². The summed E-state index contributed by atoms with van der Waals surface area (Å²) < 4.78 is 51.5. The van der Waals surface area contributed by atoms with Crippen molar-refractivity contribution in [1.29, 1.82) is 0 Å². The van der Waals surface area contributed by atoms with Gasteiger partial charge < -0.3 is 33.3 Å². The van der Waals surface area contributed by atoms with E-state index in [9.17, 15) is 4.79 Å². The Morgan fingerprint density at radius 2 is 1.78 bits per heavy atom. The van der Waals surface area contributed by atoms with Crippen LogP contribution in [0.3, 0.4) is 0 Å². The lowest BCUT2D eigenvalue weighted by Crippen LogP contribution is -2.57. The number of methoxy groups -OCH3 is 3. The number of rotatable bonds is 16. The smallest absolute Gasteiger partial charge is 0.410 e. The normalized spacial score (nSPS) is 19.8. The van der Waals surface area contributed by atoms with Crippen LogP contribution in [0.1, 0.15) is 78.2 Å². The summed E-state index contributed by atoms with van der Waals surface area (Å²) in [6, 6.07) is 9.95. The SMILES string of the molecule is CCc1cccc2cc(OCOC)cc(-c3ncc4c(N5CC6CCC(C5)N6C(=O)OC(C)(C)C)nc(OC[C@@H]5CCCN5CCCCC(OC)OC)nc4c3F)c12. The van der Waals surface area contributed by atoms with Crippen LogP contribution in [0.5, 0.6) is 11.8 Å². The number of anilines is 1. The van der Waals surface area contributed by atoms with Crippen LogP contribution in [0.25, 0.3) is 32.9 Å². The third kappa shape index (κ3) is 9.10. The first-order chi connectivity index (χ1) is 28.0. The molecule has 0 N–H and O–H groups in total. The molecule has 3 saturated heterocycles. The Hall–Kier alpha value is -4.37. The Morgan fingerprint density at radius 3 is 2.48 bits per heavy atom. The third-order valence-electron chi connectivity index (χ3n) is 11.6. The number of hydrogen-bond donors (Lipinski definition) is 0. The molecule has 7 rings (SSSR count). The molecule has 0 saturated carbocycles. The van der Waals surface area contributed by atoms with E-state index >= 15 is 4.39 Å². The van der Waals surface area contributed by atoms with Gasteiger partial charge in [-0.3, -0.25) is 14.8 Å². The number of hydrogen-bond acceptors (Lipinski definition) is 12. The number of carbonyl (C=O) groups is 1. The number of halogens is 1. The first-order valence-corrected chi connectivity index (χ1v) is 20.7. The summed E-state index contributed by atoms with van der Waals surface area (Å²) >= 11 is 0. The molecule has 314 valence electrons. The van der Waals surface area contributed by atoms with Gasteiger partial charge in [0.15, 0.2) is 18.9 Å². The van der Waals surface area contributed by atoms with E-state index in [4.69, 9.17) is 43.4 Å². The molecule has 14 heteroatoms. The fourth-order valence-corrected chi connectivity index (χ4v) is 8.88. The number of aromatic nitrogens is 3. The second kappa shape index (κ2) is 18.3. The van der Waals surface area contributed by atoms with Gasteiger partial charge in [0.05, 0.1) is 17.5 Å². The molecule has 13 nitrogen and oxygen atoms in total. The Bertz CT molecular complexity index is 2050. The summed E-state index contributed by atoms with van der Waals surface area (Å²) in [5.41, 5.74) is 1.37. The molecule has 4 aromatic rings. The highest BCUT2D eigenvalue weighted by Crippen LogP contribution is 2.40. The summed E-state index contributed by atoms with van der Waals surface area (Å²) in [7, 11) is 4.90. The van der Waals surface area contributed by atoms with Gasteiger partial charge in [0, 0.05) is 52.2 Å². The molecule has 3 atom stereocenters. The molecule has 3 aliphatic rings. The fraction of sp³-hybridized carbons (Fsp3) is 0.591. The molecular weight excluding hydrogens is 744 g/mol. The van der Waals surface area contributed by atoms with Gasteiger partial charge in [-0.25, -0.2) is 9.18 Å². The topological polar surface area (TPSA) is 121 Å². The number of benzene rings is 2. The number of piperazine rings is 1. The minimum Gasteiger partial charge on any atom is -0.468 e. The second-order valence-corrected chi connectivity index (χ2v) is 16.6. The molecule has 2 unspecified atom stereocenters. The van der Waals surface area contributed by atoms with E-state index in [0.717, 1.165) is 80.8 Å². The Balaban J connectivity index is 1.24. The number of likely N-dealkylation sites (tertiary alicyclic amines) is 1. The summed E-state index contributed by atoms with van der Waals surface area (Å²) in [5, 5.41) is 2.30. The van der Waals surface area contributed by atoms with E-state index in [1.54, 1.807) is 27.5 Å². The maximum absolute atomic E-state index is 17.4. The molecule has 58 heavy (non-hydrogen) atoms. The monoisotopic (exact) mass is 802 g/mol. The molecule has 2 aromatic carbocycles. The largest absolute Gasteiger partial charge is 0.468 e. The van der Waals surface area contributed by atoms with Crippen LogP contribution < -0.4 is 14.4 Å². The summed E-state index contributed by atoms with van der Waals surface area (Å²) in [6.07, 6.45) is 8.52. The Morgan fingerprint density at radius 1 is 1.00 bits per heavy atom. The zero-order valence-electron chi connectivity index (χ0n) is 35.1. The van der Waals surface area contributed by atoms with Crippen molar-refractivity contribution < 1.29 is 37.6 Å². The highest BCUT2D eigenvalue weighted by molar-refractivity contribution is 6.01. The number of unbranched alkanes of at least 4 members (excludes halogenated alkanes) is 1. The van der Waals surface area contributed by atoms with Crippen LogP contribution in [-0.2, 0) is 25.4 Å². The molecular formula is C44H59FN6O7. The number of ether oxygens (including phenoxy) is 6. The molecule has 5 heterocycles. The van der Waals surface area contributed by atoms with E-state index in [1.165, 1.54) is 0 Å². The predicted octanol–water partition coefficient (Wildman–Crippen LogP) is 7.75. The Kier molecular flexibility index (Phi) is 13.2. The highest BCUT2D eigenvalue weighted by Gasteiger charge is 2.45. The van der Waals surface area contributed by atoms with Gasteiger partial charge in [-0.15, -0.1) is 0 Å². The number of fused-ring (bicyclic) bond motifs is 4. The van der Waals surface area contributed by atoms with Crippen molar-refractivity contribution in [2.45, 2.75) is 109 Å². The number of amides is 1. The molecule has 1 amide bonds. The second-order valence-electron chi connectivity index (χ2n) is 16.6. The van der Waals surface area contributed by atoms with Gasteiger partial charge in [0.1, 0.15) is 35.0 Å². The van der Waals surface area contributed by atoms with E-state index in [0.29, 0.717) is 42.2 Å².